The molecule has 2 rings (SSSR count). The molecule has 0 bridgehead atoms. The highest BCUT2D eigenvalue weighted by Gasteiger charge is 2.03. The first-order chi connectivity index (χ1) is 10.6. The summed E-state index contributed by atoms with van der Waals surface area (Å²) in [5.41, 5.74) is 4.72. The fraction of sp³-hybridized carbons (Fsp3) is 0.368. The minimum Gasteiger partial charge on any atom is -0.490 e. The van der Waals surface area contributed by atoms with Crippen LogP contribution in [-0.2, 0) is 6.54 Å². The van der Waals surface area contributed by atoms with Crippen LogP contribution in [0, 0.1) is 20.8 Å². The molecule has 0 saturated carbocycles. The molecule has 1 N–H and O–H groups in total. The molecule has 2 aromatic carbocycles. The Morgan fingerprint density at radius 3 is 2.05 bits per heavy atom. The van der Waals surface area contributed by atoms with Gasteiger partial charge in [-0.25, -0.2) is 0 Å². The van der Waals surface area contributed by atoms with E-state index in [2.05, 4.69) is 62.5 Å². The summed E-state index contributed by atoms with van der Waals surface area (Å²) in [6.45, 7) is 8.11. The number of ether oxygens (including phenoxy) is 2. The number of rotatable bonds is 7. The molecular weight excluding hydrogens is 274 g/mol. The van der Waals surface area contributed by atoms with Crippen LogP contribution in [0.3, 0.4) is 0 Å². The van der Waals surface area contributed by atoms with Gasteiger partial charge < -0.3 is 14.8 Å². The highest BCUT2D eigenvalue weighted by molar-refractivity contribution is 5.37. The smallest absolute Gasteiger partial charge is 0.122 e. The summed E-state index contributed by atoms with van der Waals surface area (Å²) in [5, 5.41) is 3.15. The molecule has 0 saturated heterocycles. The van der Waals surface area contributed by atoms with Crippen molar-refractivity contribution in [2.24, 2.45) is 0 Å². The summed E-state index contributed by atoms with van der Waals surface area (Å²) in [4.78, 5) is 0. The van der Waals surface area contributed by atoms with E-state index < -0.39 is 0 Å². The monoisotopic (exact) mass is 299 g/mol. The van der Waals surface area contributed by atoms with Crippen LogP contribution in [0.2, 0.25) is 0 Å². The van der Waals surface area contributed by atoms with Crippen molar-refractivity contribution in [3.8, 4) is 11.5 Å². The third-order valence-electron chi connectivity index (χ3n) is 3.58. The highest BCUT2D eigenvalue weighted by atomic mass is 16.5. The average molecular weight is 299 g/mol. The molecule has 0 aliphatic heterocycles. The predicted molar refractivity (Wildman–Crippen MR) is 90.8 cm³/mol. The molecule has 0 fully saturated rings. The van der Waals surface area contributed by atoms with Gasteiger partial charge in [-0.1, -0.05) is 24.3 Å². The number of hydrogen-bond donors (Lipinski definition) is 1. The Kier molecular flexibility index (Phi) is 5.84. The van der Waals surface area contributed by atoms with E-state index >= 15 is 0 Å². The summed E-state index contributed by atoms with van der Waals surface area (Å²) < 4.78 is 11.7. The quantitative estimate of drug-likeness (QED) is 0.789. The maximum Gasteiger partial charge on any atom is 0.122 e. The maximum absolute atomic E-state index is 5.86. The summed E-state index contributed by atoms with van der Waals surface area (Å²) >= 11 is 0. The van der Waals surface area contributed by atoms with Crippen LogP contribution in [0.15, 0.2) is 36.4 Å². The SMILES string of the molecule is CNCc1ccc(C)c(OCCOc2cc(C)ccc2C)c1. The lowest BCUT2D eigenvalue weighted by molar-refractivity contribution is 0.215. The Balaban J connectivity index is 1.88. The molecule has 0 atom stereocenters. The Morgan fingerprint density at radius 1 is 0.818 bits per heavy atom. The van der Waals surface area contributed by atoms with Gasteiger partial charge in [0.2, 0.25) is 0 Å². The second-order valence-corrected chi connectivity index (χ2v) is 5.60. The van der Waals surface area contributed by atoms with Gasteiger partial charge in [-0.15, -0.1) is 0 Å². The first kappa shape index (κ1) is 16.4. The van der Waals surface area contributed by atoms with Crippen molar-refractivity contribution in [3.63, 3.8) is 0 Å². The maximum atomic E-state index is 5.86. The molecule has 0 aliphatic rings. The Labute approximate surface area is 133 Å². The number of benzene rings is 2. The van der Waals surface area contributed by atoms with Crippen molar-refractivity contribution in [1.29, 1.82) is 0 Å². The third-order valence-corrected chi connectivity index (χ3v) is 3.58. The van der Waals surface area contributed by atoms with Crippen molar-refractivity contribution < 1.29 is 9.47 Å². The van der Waals surface area contributed by atoms with Crippen LogP contribution in [0.4, 0.5) is 0 Å². The van der Waals surface area contributed by atoms with Crippen molar-refractivity contribution in [2.75, 3.05) is 20.3 Å². The van der Waals surface area contributed by atoms with Gasteiger partial charge in [0.05, 0.1) is 0 Å². The molecule has 0 radical (unpaired) electrons. The van der Waals surface area contributed by atoms with Crippen molar-refractivity contribution in [2.45, 2.75) is 27.3 Å². The zero-order valence-electron chi connectivity index (χ0n) is 13.9. The van der Waals surface area contributed by atoms with Gasteiger partial charge in [-0.2, -0.15) is 0 Å². The van der Waals surface area contributed by atoms with Crippen LogP contribution in [-0.4, -0.2) is 20.3 Å². The third kappa shape index (κ3) is 4.50. The summed E-state index contributed by atoms with van der Waals surface area (Å²) in [6.07, 6.45) is 0. The lowest BCUT2D eigenvalue weighted by atomic mass is 10.1. The minimum atomic E-state index is 0.539. The van der Waals surface area contributed by atoms with Crippen LogP contribution in [0.25, 0.3) is 0 Å². The van der Waals surface area contributed by atoms with Crippen molar-refractivity contribution in [3.05, 3.63) is 58.7 Å². The van der Waals surface area contributed by atoms with E-state index in [1.165, 1.54) is 11.1 Å². The molecule has 0 aliphatic carbocycles. The Hall–Kier alpha value is -2.00. The second-order valence-electron chi connectivity index (χ2n) is 5.60. The normalized spacial score (nSPS) is 10.5. The number of aryl methyl sites for hydroxylation is 3. The molecule has 3 heteroatoms. The van der Waals surface area contributed by atoms with Crippen LogP contribution in [0.1, 0.15) is 22.3 Å². The molecule has 3 nitrogen and oxygen atoms in total. The van der Waals surface area contributed by atoms with Gasteiger partial charge in [-0.05, 0) is 62.2 Å². The fourth-order valence-corrected chi connectivity index (χ4v) is 2.28. The molecule has 0 spiro atoms. The number of nitrogens with one attached hydrogen (secondary N) is 1. The first-order valence-corrected chi connectivity index (χ1v) is 7.67. The topological polar surface area (TPSA) is 30.5 Å². The van der Waals surface area contributed by atoms with E-state index in [0.717, 1.165) is 29.2 Å². The van der Waals surface area contributed by atoms with Crippen LogP contribution < -0.4 is 14.8 Å². The Bertz CT molecular complexity index is 623. The standard InChI is InChI=1S/C19H25NO2/c1-14-5-6-15(2)18(11-14)21-9-10-22-19-12-17(13-20-4)8-7-16(19)3/h5-8,11-12,20H,9-10,13H2,1-4H3. The first-order valence-electron chi connectivity index (χ1n) is 7.67. The number of hydrogen-bond acceptors (Lipinski definition) is 3. The molecule has 0 aromatic heterocycles. The molecule has 118 valence electrons. The van der Waals surface area contributed by atoms with Gasteiger partial charge in [0.25, 0.3) is 0 Å². The lowest BCUT2D eigenvalue weighted by Gasteiger charge is -2.13. The van der Waals surface area contributed by atoms with E-state index in [1.807, 2.05) is 7.05 Å². The predicted octanol–water partition coefficient (Wildman–Crippen LogP) is 3.79. The van der Waals surface area contributed by atoms with E-state index in [4.69, 9.17) is 9.47 Å². The summed E-state index contributed by atoms with van der Waals surface area (Å²) in [5.74, 6) is 1.86. The zero-order chi connectivity index (χ0) is 15.9. The van der Waals surface area contributed by atoms with Gasteiger partial charge in [0.15, 0.2) is 0 Å². The highest BCUT2D eigenvalue weighted by Crippen LogP contribution is 2.21. The van der Waals surface area contributed by atoms with Crippen LogP contribution >= 0.6 is 0 Å². The van der Waals surface area contributed by atoms with Gasteiger partial charge in [0, 0.05) is 6.54 Å². The van der Waals surface area contributed by atoms with E-state index in [9.17, 15) is 0 Å². The zero-order valence-corrected chi connectivity index (χ0v) is 13.9. The largest absolute Gasteiger partial charge is 0.490 e. The molecule has 2 aromatic rings. The van der Waals surface area contributed by atoms with Gasteiger partial charge in [-0.3, -0.25) is 0 Å². The van der Waals surface area contributed by atoms with Gasteiger partial charge in [0.1, 0.15) is 24.7 Å². The molecule has 0 unspecified atom stereocenters. The lowest BCUT2D eigenvalue weighted by Crippen LogP contribution is -2.11. The van der Waals surface area contributed by atoms with E-state index in [-0.39, 0.29) is 0 Å². The molecule has 22 heavy (non-hydrogen) atoms. The molecule has 0 heterocycles. The second kappa shape index (κ2) is 7.85. The fourth-order valence-electron chi connectivity index (χ4n) is 2.28. The van der Waals surface area contributed by atoms with Crippen molar-refractivity contribution >= 4 is 0 Å². The van der Waals surface area contributed by atoms with Crippen LogP contribution in [0.5, 0.6) is 11.5 Å². The van der Waals surface area contributed by atoms with E-state index in [1.54, 1.807) is 0 Å². The van der Waals surface area contributed by atoms with E-state index in [0.29, 0.717) is 13.2 Å². The van der Waals surface area contributed by atoms with Crippen molar-refractivity contribution in [1.82, 2.24) is 5.32 Å². The average Bonchev–Trinajstić information content (AvgIpc) is 2.50. The summed E-state index contributed by atoms with van der Waals surface area (Å²) in [7, 11) is 1.94. The Morgan fingerprint density at radius 2 is 1.41 bits per heavy atom. The van der Waals surface area contributed by atoms with Gasteiger partial charge >= 0.3 is 0 Å². The minimum absolute atomic E-state index is 0.539. The molecular formula is C19H25NO2. The molecule has 0 amide bonds. The summed E-state index contributed by atoms with van der Waals surface area (Å²) in [6, 6.07) is 12.5.